The van der Waals surface area contributed by atoms with Crippen LogP contribution in [0.25, 0.3) is 5.52 Å². The summed E-state index contributed by atoms with van der Waals surface area (Å²) in [6, 6.07) is 10.6. The molecule has 0 unspecified atom stereocenters. The first-order chi connectivity index (χ1) is 18.6. The second-order valence-corrected chi connectivity index (χ2v) is 10.7. The summed E-state index contributed by atoms with van der Waals surface area (Å²) in [4.78, 5) is 40.1. The van der Waals surface area contributed by atoms with Gasteiger partial charge in [-0.2, -0.15) is 10.4 Å². The molecule has 0 saturated carbocycles. The second-order valence-electron chi connectivity index (χ2n) is 10.7. The number of piperidine rings is 1. The van der Waals surface area contributed by atoms with Crippen molar-refractivity contribution in [2.75, 3.05) is 34.8 Å². The summed E-state index contributed by atoms with van der Waals surface area (Å²) in [5.41, 5.74) is 9.12. The summed E-state index contributed by atoms with van der Waals surface area (Å²) in [6.45, 7) is 6.19. The second kappa shape index (κ2) is 9.83. The zero-order chi connectivity index (χ0) is 27.9. The van der Waals surface area contributed by atoms with Crippen molar-refractivity contribution in [3.05, 3.63) is 53.9 Å². The maximum atomic E-state index is 12.8. The maximum absolute atomic E-state index is 12.8. The van der Waals surface area contributed by atoms with Crippen LogP contribution in [0, 0.1) is 16.7 Å². The van der Waals surface area contributed by atoms with Crippen LogP contribution >= 0.6 is 0 Å². The van der Waals surface area contributed by atoms with Crippen LogP contribution in [-0.4, -0.2) is 64.3 Å². The number of primary amides is 1. The summed E-state index contributed by atoms with van der Waals surface area (Å²) >= 11 is 0. The zero-order valence-electron chi connectivity index (χ0n) is 21.7. The number of nitrogens with two attached hydrogens (primary N) is 1. The number of amides is 3. The molecule has 5 rings (SSSR count). The smallest absolute Gasteiger partial charge is 0.405 e. The van der Waals surface area contributed by atoms with E-state index in [2.05, 4.69) is 40.5 Å². The summed E-state index contributed by atoms with van der Waals surface area (Å²) in [6.07, 6.45) is 2.99. The molecule has 3 aromatic rings. The number of carbonyl (C=O) groups excluding carboxylic acids is 2. The molecule has 0 spiro atoms. The average Bonchev–Trinajstić information content (AvgIpc) is 3.48. The van der Waals surface area contributed by atoms with Crippen LogP contribution in [0.4, 0.5) is 21.9 Å². The van der Waals surface area contributed by atoms with E-state index in [1.54, 1.807) is 16.8 Å². The van der Waals surface area contributed by atoms with Crippen molar-refractivity contribution in [3.8, 4) is 6.07 Å². The number of nitriles is 1. The lowest BCUT2D eigenvalue weighted by Gasteiger charge is -2.46. The van der Waals surface area contributed by atoms with Gasteiger partial charge in [0.1, 0.15) is 6.04 Å². The monoisotopic (exact) mass is 530 g/mol. The Morgan fingerprint density at radius 1 is 1.18 bits per heavy atom. The number of benzene rings is 1. The Hall–Kier alpha value is -4.79. The number of nitrogens with one attached hydrogen (secondary N) is 2. The minimum atomic E-state index is -1.25. The molecule has 1 aromatic carbocycles. The molecule has 2 aliphatic rings. The number of aromatic nitrogens is 2. The molecule has 0 aliphatic carbocycles. The topological polar surface area (TPSA) is 169 Å². The number of carboxylic acid groups (broad SMARTS) is 1. The predicted octanol–water partition coefficient (Wildman–Crippen LogP) is 2.39. The van der Waals surface area contributed by atoms with Gasteiger partial charge in [-0.1, -0.05) is 13.8 Å². The first-order valence-electron chi connectivity index (χ1n) is 12.7. The Morgan fingerprint density at radius 2 is 1.92 bits per heavy atom. The fraction of sp³-hybridized carbons (Fsp3) is 0.370. The van der Waals surface area contributed by atoms with Gasteiger partial charge in [0.2, 0.25) is 5.91 Å². The Bertz CT molecular complexity index is 1490. The van der Waals surface area contributed by atoms with Gasteiger partial charge in [0.15, 0.2) is 0 Å². The van der Waals surface area contributed by atoms with E-state index in [4.69, 9.17) is 16.1 Å². The van der Waals surface area contributed by atoms with E-state index in [0.717, 1.165) is 25.2 Å². The average molecular weight is 531 g/mol. The molecule has 2 atom stereocenters. The van der Waals surface area contributed by atoms with Crippen LogP contribution in [0.1, 0.15) is 42.6 Å². The van der Waals surface area contributed by atoms with Crippen molar-refractivity contribution < 1.29 is 19.5 Å². The van der Waals surface area contributed by atoms with Crippen LogP contribution in [0.2, 0.25) is 0 Å². The van der Waals surface area contributed by atoms with Gasteiger partial charge in [0.05, 0.1) is 46.5 Å². The fourth-order valence-electron chi connectivity index (χ4n) is 5.51. The zero-order valence-corrected chi connectivity index (χ0v) is 21.7. The van der Waals surface area contributed by atoms with E-state index < -0.39 is 18.0 Å². The van der Waals surface area contributed by atoms with Crippen LogP contribution in [0.3, 0.4) is 0 Å². The van der Waals surface area contributed by atoms with Crippen LogP contribution < -0.4 is 26.2 Å². The van der Waals surface area contributed by atoms with E-state index in [9.17, 15) is 14.4 Å². The Labute approximate surface area is 225 Å². The van der Waals surface area contributed by atoms with Crippen molar-refractivity contribution >= 4 is 40.5 Å². The number of hydrogen-bond acceptors (Lipinski definition) is 7. The molecular weight excluding hydrogens is 500 g/mol. The molecule has 3 amide bonds. The van der Waals surface area contributed by atoms with E-state index in [1.165, 1.54) is 11.1 Å². The van der Waals surface area contributed by atoms with Gasteiger partial charge in [-0.25, -0.2) is 9.31 Å². The number of nitrogens with zero attached hydrogens (tertiary/aromatic N) is 5. The molecule has 202 valence electrons. The van der Waals surface area contributed by atoms with Gasteiger partial charge in [0, 0.05) is 36.8 Å². The third kappa shape index (κ3) is 4.90. The summed E-state index contributed by atoms with van der Waals surface area (Å²) < 4.78 is 1.59. The molecule has 0 radical (unpaired) electrons. The van der Waals surface area contributed by atoms with Gasteiger partial charge in [-0.3, -0.25) is 9.59 Å². The molecule has 12 heteroatoms. The third-order valence-electron chi connectivity index (χ3n) is 7.61. The predicted molar refractivity (Wildman–Crippen MR) is 145 cm³/mol. The minimum Gasteiger partial charge on any atom is -0.465 e. The van der Waals surface area contributed by atoms with E-state index in [1.807, 2.05) is 24.3 Å². The standard InChI is InChI=1S/C27H30N8O4/c1-27(2)15-33(17-5-3-16(12-28)4-6-17)9-8-22(27)32-23-19(24(29)36)13-30-35-14-18(11-21(23)35)34-10-7-20(25(34)37)31-26(38)39/h3-6,11,13-14,20,22,31-32H,7-10,15H2,1-2H3,(H2,29,36)(H,38,39)/t20-,22+/m0/s1. The van der Waals surface area contributed by atoms with Gasteiger partial charge < -0.3 is 31.3 Å². The molecule has 5 N–H and O–H groups in total. The number of rotatable bonds is 6. The number of anilines is 3. The van der Waals surface area contributed by atoms with Crippen molar-refractivity contribution in [1.82, 2.24) is 14.9 Å². The molecule has 39 heavy (non-hydrogen) atoms. The highest BCUT2D eigenvalue weighted by Gasteiger charge is 2.38. The van der Waals surface area contributed by atoms with Crippen molar-refractivity contribution in [2.45, 2.75) is 38.8 Å². The van der Waals surface area contributed by atoms with Gasteiger partial charge >= 0.3 is 6.09 Å². The normalized spacial score (nSPS) is 20.6. The number of fused-ring (bicyclic) bond motifs is 1. The molecule has 4 heterocycles. The number of hydrogen-bond donors (Lipinski definition) is 4. The van der Waals surface area contributed by atoms with Gasteiger partial charge in [-0.15, -0.1) is 0 Å². The van der Waals surface area contributed by atoms with Crippen molar-refractivity contribution in [2.24, 2.45) is 11.1 Å². The van der Waals surface area contributed by atoms with Crippen molar-refractivity contribution in [1.29, 1.82) is 5.26 Å². The fourth-order valence-corrected chi connectivity index (χ4v) is 5.51. The number of carbonyl (C=O) groups is 3. The Kier molecular flexibility index (Phi) is 6.51. The molecule has 2 aliphatic heterocycles. The highest BCUT2D eigenvalue weighted by atomic mass is 16.4. The molecule has 2 aromatic heterocycles. The Morgan fingerprint density at radius 3 is 2.56 bits per heavy atom. The molecule has 2 fully saturated rings. The maximum Gasteiger partial charge on any atom is 0.405 e. The van der Waals surface area contributed by atoms with E-state index in [0.29, 0.717) is 35.4 Å². The highest BCUT2D eigenvalue weighted by Crippen LogP contribution is 2.37. The van der Waals surface area contributed by atoms with Gasteiger partial charge in [-0.05, 0) is 43.2 Å². The van der Waals surface area contributed by atoms with Crippen LogP contribution in [0.5, 0.6) is 0 Å². The first-order valence-corrected chi connectivity index (χ1v) is 12.7. The van der Waals surface area contributed by atoms with Crippen molar-refractivity contribution in [3.63, 3.8) is 0 Å². The quantitative estimate of drug-likeness (QED) is 0.376. The highest BCUT2D eigenvalue weighted by molar-refractivity contribution is 6.04. The van der Waals surface area contributed by atoms with E-state index in [-0.39, 0.29) is 22.9 Å². The van der Waals surface area contributed by atoms with Crippen LogP contribution in [-0.2, 0) is 4.79 Å². The largest absolute Gasteiger partial charge is 0.465 e. The lowest BCUT2D eigenvalue weighted by Crippen LogP contribution is -2.52. The van der Waals surface area contributed by atoms with Crippen LogP contribution in [0.15, 0.2) is 42.7 Å². The Balaban J connectivity index is 1.42. The third-order valence-corrected chi connectivity index (χ3v) is 7.61. The molecule has 0 bridgehead atoms. The van der Waals surface area contributed by atoms with Gasteiger partial charge in [0.25, 0.3) is 5.91 Å². The molecule has 2 saturated heterocycles. The minimum absolute atomic E-state index is 0.00709. The molecule has 12 nitrogen and oxygen atoms in total. The lowest BCUT2D eigenvalue weighted by atomic mass is 9.78. The lowest BCUT2D eigenvalue weighted by molar-refractivity contribution is -0.118. The summed E-state index contributed by atoms with van der Waals surface area (Å²) in [5.74, 6) is -0.958. The summed E-state index contributed by atoms with van der Waals surface area (Å²) in [7, 11) is 0. The first kappa shape index (κ1) is 25.8. The SMILES string of the molecule is CC1(C)CN(c2ccc(C#N)cc2)CC[C@H]1Nc1c(C(N)=O)cnn2cc(N3CC[C@H](NC(=O)O)C3=O)cc12. The molecular formula is C27H30N8O4. The summed E-state index contributed by atoms with van der Waals surface area (Å²) in [5, 5.41) is 28.3. The van der Waals surface area contributed by atoms with E-state index >= 15 is 0 Å².